The van der Waals surface area contributed by atoms with Crippen molar-refractivity contribution in [2.24, 2.45) is 0 Å². The van der Waals surface area contributed by atoms with Crippen molar-refractivity contribution in [3.63, 3.8) is 0 Å². The molecule has 0 aromatic heterocycles. The van der Waals surface area contributed by atoms with Crippen LogP contribution in [0.5, 0.6) is 0 Å². The molecule has 2 rings (SSSR count). The summed E-state index contributed by atoms with van der Waals surface area (Å²) in [5, 5.41) is 2.31. The van der Waals surface area contributed by atoms with E-state index in [0.29, 0.717) is 10.8 Å². The summed E-state index contributed by atoms with van der Waals surface area (Å²) < 4.78 is 33.5. The van der Waals surface area contributed by atoms with Crippen LogP contribution in [0, 0.1) is 5.82 Å². The second-order valence-electron chi connectivity index (χ2n) is 5.40. The number of hydrogen-bond acceptors (Lipinski definition) is 3. The highest BCUT2D eigenvalue weighted by Gasteiger charge is 2.37. The Hall–Kier alpha value is -2.28. The van der Waals surface area contributed by atoms with E-state index in [0.717, 1.165) is 11.6 Å². The molecule has 7 heteroatoms. The van der Waals surface area contributed by atoms with E-state index >= 15 is 0 Å². The molecule has 0 saturated heterocycles. The monoisotopic (exact) mass is 411 g/mol. The Bertz CT molecular complexity index is 742. The van der Waals surface area contributed by atoms with E-state index in [-0.39, 0.29) is 12.2 Å². The largest absolute Gasteiger partial charge is 0.445 e. The summed E-state index contributed by atoms with van der Waals surface area (Å²) in [7, 11) is 0. The third kappa shape index (κ3) is 4.85. The van der Waals surface area contributed by atoms with Crippen LogP contribution >= 0.6 is 15.9 Å². The van der Waals surface area contributed by atoms with Gasteiger partial charge in [0.25, 0.3) is 0 Å². The predicted molar refractivity (Wildman–Crippen MR) is 92.2 cm³/mol. The highest BCUT2D eigenvalue weighted by Crippen LogP contribution is 2.30. The molecule has 0 unspecified atom stereocenters. The van der Waals surface area contributed by atoms with Crippen molar-refractivity contribution >= 4 is 28.3 Å². The van der Waals surface area contributed by atoms with Crippen LogP contribution in [0.3, 0.4) is 0 Å². The van der Waals surface area contributed by atoms with E-state index in [2.05, 4.69) is 21.2 Å². The minimum Gasteiger partial charge on any atom is -0.445 e. The van der Waals surface area contributed by atoms with Gasteiger partial charge in [-0.1, -0.05) is 46.3 Å². The van der Waals surface area contributed by atoms with E-state index in [9.17, 15) is 18.4 Å². The van der Waals surface area contributed by atoms with Crippen LogP contribution in [0.15, 0.2) is 53.0 Å². The SMILES string of the molecule is O=CC[C@](CF)(NC(=O)OCc1ccccc1)c1cc(Br)ccc1F. The Balaban J connectivity index is 2.20. The third-order valence-electron chi connectivity index (χ3n) is 3.66. The quantitative estimate of drug-likeness (QED) is 0.692. The summed E-state index contributed by atoms with van der Waals surface area (Å²) in [6.45, 7) is -1.20. The van der Waals surface area contributed by atoms with E-state index in [1.54, 1.807) is 24.3 Å². The molecule has 1 N–H and O–H groups in total. The van der Waals surface area contributed by atoms with Gasteiger partial charge in [0.05, 0.1) is 0 Å². The van der Waals surface area contributed by atoms with Gasteiger partial charge in [-0.2, -0.15) is 0 Å². The van der Waals surface area contributed by atoms with Crippen LogP contribution in [0.1, 0.15) is 17.5 Å². The zero-order valence-electron chi connectivity index (χ0n) is 13.2. The molecule has 2 aromatic carbocycles. The number of aldehydes is 1. The summed E-state index contributed by atoms with van der Waals surface area (Å²) in [5.41, 5.74) is -1.22. The molecule has 0 aliphatic rings. The lowest BCUT2D eigenvalue weighted by atomic mass is 9.88. The van der Waals surface area contributed by atoms with Gasteiger partial charge in [-0.15, -0.1) is 0 Å². The number of ether oxygens (including phenoxy) is 1. The number of alkyl halides is 1. The Morgan fingerprint density at radius 3 is 2.60 bits per heavy atom. The van der Waals surface area contributed by atoms with Gasteiger partial charge in [-0.05, 0) is 23.8 Å². The van der Waals surface area contributed by atoms with Crippen molar-refractivity contribution in [1.29, 1.82) is 0 Å². The molecule has 1 atom stereocenters. The zero-order valence-corrected chi connectivity index (χ0v) is 14.8. The van der Waals surface area contributed by atoms with Gasteiger partial charge in [0.2, 0.25) is 0 Å². The number of halogens is 3. The number of rotatable bonds is 7. The molecule has 0 radical (unpaired) electrons. The Morgan fingerprint density at radius 1 is 1.24 bits per heavy atom. The van der Waals surface area contributed by atoms with Crippen molar-refractivity contribution in [2.45, 2.75) is 18.6 Å². The first-order valence-corrected chi connectivity index (χ1v) is 8.24. The standard InChI is InChI=1S/C18H16BrF2NO3/c19-14-6-7-16(21)15(10-14)18(12-20,8-9-23)22-17(24)25-11-13-4-2-1-3-5-13/h1-7,9-10H,8,11-12H2,(H,22,24)/t18-/m1/s1. The molecule has 0 aliphatic heterocycles. The fourth-order valence-corrected chi connectivity index (χ4v) is 2.71. The molecule has 0 saturated carbocycles. The second kappa shape index (κ2) is 8.71. The smallest absolute Gasteiger partial charge is 0.408 e. The Kier molecular flexibility index (Phi) is 6.64. The van der Waals surface area contributed by atoms with Crippen molar-refractivity contribution < 1.29 is 23.1 Å². The Morgan fingerprint density at radius 2 is 1.96 bits per heavy atom. The van der Waals surface area contributed by atoms with Crippen molar-refractivity contribution in [3.8, 4) is 0 Å². The average Bonchev–Trinajstić information content (AvgIpc) is 2.62. The van der Waals surface area contributed by atoms with Gasteiger partial charge < -0.3 is 14.8 Å². The second-order valence-corrected chi connectivity index (χ2v) is 6.31. The van der Waals surface area contributed by atoms with Crippen LogP contribution in [0.4, 0.5) is 13.6 Å². The summed E-state index contributed by atoms with van der Waals surface area (Å²) in [6.07, 6.45) is -0.947. The van der Waals surface area contributed by atoms with Crippen LogP contribution < -0.4 is 5.32 Å². The molecule has 4 nitrogen and oxygen atoms in total. The van der Waals surface area contributed by atoms with Gasteiger partial charge in [0.1, 0.15) is 30.9 Å². The molecular formula is C18H16BrF2NO3. The molecular weight excluding hydrogens is 396 g/mol. The first kappa shape index (κ1) is 19.1. The van der Waals surface area contributed by atoms with Gasteiger partial charge in [-0.25, -0.2) is 13.6 Å². The molecule has 1 amide bonds. The minimum absolute atomic E-state index is 0.0307. The maximum absolute atomic E-state index is 14.2. The van der Waals surface area contributed by atoms with E-state index in [1.165, 1.54) is 12.1 Å². The summed E-state index contributed by atoms with van der Waals surface area (Å²) in [4.78, 5) is 23.1. The minimum atomic E-state index is -1.83. The van der Waals surface area contributed by atoms with Crippen LogP contribution in [-0.2, 0) is 21.7 Å². The number of carbonyl (C=O) groups excluding carboxylic acids is 2. The highest BCUT2D eigenvalue weighted by molar-refractivity contribution is 9.10. The first-order chi connectivity index (χ1) is 12.0. The lowest BCUT2D eigenvalue weighted by molar-refractivity contribution is -0.109. The lowest BCUT2D eigenvalue weighted by Crippen LogP contribution is -2.48. The number of hydrogen-bond donors (Lipinski definition) is 1. The molecule has 2 aromatic rings. The third-order valence-corrected chi connectivity index (χ3v) is 4.15. The zero-order chi connectivity index (χ0) is 18.3. The van der Waals surface area contributed by atoms with Crippen LogP contribution in [0.25, 0.3) is 0 Å². The molecule has 0 aliphatic carbocycles. The topological polar surface area (TPSA) is 55.4 Å². The lowest BCUT2D eigenvalue weighted by Gasteiger charge is -2.31. The molecule has 0 bridgehead atoms. The van der Waals surface area contributed by atoms with Gasteiger partial charge in [0, 0.05) is 16.5 Å². The first-order valence-electron chi connectivity index (χ1n) is 7.45. The number of alkyl carbamates (subject to hydrolysis) is 1. The number of carbonyl (C=O) groups is 2. The maximum atomic E-state index is 14.2. The molecule has 0 spiro atoms. The average molecular weight is 412 g/mol. The fraction of sp³-hybridized carbons (Fsp3) is 0.222. The van der Waals surface area contributed by atoms with Gasteiger partial charge in [-0.3, -0.25) is 0 Å². The van der Waals surface area contributed by atoms with E-state index in [1.807, 2.05) is 6.07 Å². The van der Waals surface area contributed by atoms with E-state index in [4.69, 9.17) is 4.74 Å². The van der Waals surface area contributed by atoms with Gasteiger partial charge >= 0.3 is 6.09 Å². The number of benzene rings is 2. The normalized spacial score (nSPS) is 12.9. The Labute approximate surface area is 152 Å². The summed E-state index contributed by atoms with van der Waals surface area (Å²) in [6, 6.07) is 12.8. The fourth-order valence-electron chi connectivity index (χ4n) is 2.35. The number of amides is 1. The molecule has 25 heavy (non-hydrogen) atoms. The van der Waals surface area contributed by atoms with Gasteiger partial charge in [0.15, 0.2) is 0 Å². The van der Waals surface area contributed by atoms with Crippen LogP contribution in [0.2, 0.25) is 0 Å². The maximum Gasteiger partial charge on any atom is 0.408 e. The molecule has 0 fully saturated rings. The van der Waals surface area contributed by atoms with E-state index < -0.39 is 30.5 Å². The summed E-state index contributed by atoms with van der Waals surface area (Å²) >= 11 is 3.18. The predicted octanol–water partition coefficient (Wildman–Crippen LogP) is 4.27. The van der Waals surface area contributed by atoms with Crippen LogP contribution in [-0.4, -0.2) is 19.1 Å². The highest BCUT2D eigenvalue weighted by atomic mass is 79.9. The molecule has 0 heterocycles. The van der Waals surface area contributed by atoms with Crippen molar-refractivity contribution in [2.75, 3.05) is 6.67 Å². The van der Waals surface area contributed by atoms with Crippen molar-refractivity contribution in [3.05, 3.63) is 69.9 Å². The number of nitrogens with one attached hydrogen (secondary N) is 1. The summed E-state index contributed by atoms with van der Waals surface area (Å²) in [5.74, 6) is -0.731. The van der Waals surface area contributed by atoms with Crippen molar-refractivity contribution in [1.82, 2.24) is 5.32 Å². The molecule has 132 valence electrons.